The summed E-state index contributed by atoms with van der Waals surface area (Å²) in [6.45, 7) is 4.90. The summed E-state index contributed by atoms with van der Waals surface area (Å²) in [7, 11) is 4.30. The van der Waals surface area contributed by atoms with Crippen molar-refractivity contribution in [2.45, 2.75) is 77.7 Å². The second-order valence-corrected chi connectivity index (χ2v) is 9.95. The second kappa shape index (κ2) is 16.3. The number of quaternary nitrogens is 1. The van der Waals surface area contributed by atoms with Crippen molar-refractivity contribution in [1.82, 2.24) is 0 Å². The van der Waals surface area contributed by atoms with Crippen LogP contribution in [0.3, 0.4) is 0 Å². The molecule has 4 nitrogen and oxygen atoms in total. The number of nitrogens with zero attached hydrogens (tertiary/aromatic N) is 1. The first-order valence-electron chi connectivity index (χ1n) is 13.2. The third kappa shape index (κ3) is 12.2. The normalized spacial score (nSPS) is 11.4. The van der Waals surface area contributed by atoms with Crippen LogP contribution in [0.5, 0.6) is 5.75 Å². The molecule has 0 fully saturated rings. The molecule has 0 spiro atoms. The molecule has 0 heterocycles. The van der Waals surface area contributed by atoms with Crippen LogP contribution in [0.25, 0.3) is 0 Å². The number of para-hydroxylation sites is 1. The van der Waals surface area contributed by atoms with Gasteiger partial charge in [0.1, 0.15) is 12.3 Å². The van der Waals surface area contributed by atoms with E-state index < -0.39 is 0 Å². The Labute approximate surface area is 207 Å². The molecule has 0 aliphatic heterocycles. The molecule has 0 saturated heterocycles. The first kappa shape index (κ1) is 27.9. The predicted molar refractivity (Wildman–Crippen MR) is 141 cm³/mol. The average Bonchev–Trinajstić information content (AvgIpc) is 2.83. The summed E-state index contributed by atoms with van der Waals surface area (Å²) in [4.78, 5) is 12.2. The molecule has 0 unspecified atom stereocenters. The molecule has 0 aromatic heterocycles. The lowest BCUT2D eigenvalue weighted by atomic mass is 10.0. The molecule has 0 aliphatic carbocycles. The van der Waals surface area contributed by atoms with E-state index in [4.69, 9.17) is 9.47 Å². The zero-order valence-corrected chi connectivity index (χ0v) is 21.8. The molecule has 2 aromatic carbocycles. The fourth-order valence-corrected chi connectivity index (χ4v) is 4.17. The molecule has 4 heteroatoms. The van der Waals surface area contributed by atoms with Crippen molar-refractivity contribution in [2.75, 3.05) is 33.9 Å². The third-order valence-corrected chi connectivity index (χ3v) is 6.21. The number of hydrogen-bond acceptors (Lipinski definition) is 3. The number of unbranched alkanes of at least 4 members (excludes halogenated alkanes) is 6. The topological polar surface area (TPSA) is 35.5 Å². The smallest absolute Gasteiger partial charge is 0.311 e. The lowest BCUT2D eigenvalue weighted by Gasteiger charge is -2.29. The van der Waals surface area contributed by atoms with E-state index in [9.17, 15) is 4.79 Å². The van der Waals surface area contributed by atoms with Gasteiger partial charge >= 0.3 is 5.97 Å². The van der Waals surface area contributed by atoms with Crippen molar-refractivity contribution in [2.24, 2.45) is 0 Å². The fourth-order valence-electron chi connectivity index (χ4n) is 4.17. The largest absolute Gasteiger partial charge is 0.493 e. The molecule has 0 saturated carbocycles. The summed E-state index contributed by atoms with van der Waals surface area (Å²) in [6, 6.07) is 18.7. The summed E-state index contributed by atoms with van der Waals surface area (Å²) in [5.41, 5.74) is 2.57. The molecule has 0 radical (unpaired) electrons. The van der Waals surface area contributed by atoms with Crippen LogP contribution in [0.15, 0.2) is 54.6 Å². The molecule has 2 aromatic rings. The van der Waals surface area contributed by atoms with Gasteiger partial charge in [0, 0.05) is 12.0 Å². The van der Waals surface area contributed by atoms with Crippen LogP contribution in [0, 0.1) is 0 Å². The SMILES string of the molecule is CCCCCCCCCc1ccccc1OCCCOC(=O)CC[N+](C)(C)Cc1ccccc1. The van der Waals surface area contributed by atoms with Gasteiger partial charge in [0.2, 0.25) is 0 Å². The Bertz CT molecular complexity index is 804. The summed E-state index contributed by atoms with van der Waals surface area (Å²) in [6.07, 6.45) is 11.4. The average molecular weight is 469 g/mol. The number of ether oxygens (including phenoxy) is 2. The van der Waals surface area contributed by atoms with Crippen LogP contribution in [-0.2, 0) is 22.5 Å². The molecule has 188 valence electrons. The van der Waals surface area contributed by atoms with E-state index >= 15 is 0 Å². The van der Waals surface area contributed by atoms with Gasteiger partial charge in [-0.15, -0.1) is 0 Å². The number of carbonyl (C=O) groups excluding carboxylic acids is 1. The molecule has 0 atom stereocenters. The van der Waals surface area contributed by atoms with Gasteiger partial charge in [-0.25, -0.2) is 0 Å². The maximum Gasteiger partial charge on any atom is 0.311 e. The Kier molecular flexibility index (Phi) is 13.4. The summed E-state index contributed by atoms with van der Waals surface area (Å²) in [5, 5.41) is 0. The summed E-state index contributed by atoms with van der Waals surface area (Å²) >= 11 is 0. The molecule has 0 N–H and O–H groups in total. The zero-order chi connectivity index (χ0) is 24.5. The minimum absolute atomic E-state index is 0.126. The summed E-state index contributed by atoms with van der Waals surface area (Å²) in [5.74, 6) is 0.846. The quantitative estimate of drug-likeness (QED) is 0.135. The van der Waals surface area contributed by atoms with Crippen LogP contribution in [-0.4, -0.2) is 44.3 Å². The van der Waals surface area contributed by atoms with Crippen molar-refractivity contribution < 1.29 is 18.8 Å². The minimum Gasteiger partial charge on any atom is -0.493 e. The van der Waals surface area contributed by atoms with Gasteiger partial charge in [-0.1, -0.05) is 94.0 Å². The number of hydrogen-bond donors (Lipinski definition) is 0. The standard InChI is InChI=1S/C30H46NO3/c1-4-5-6-7-8-9-13-19-28-20-14-15-21-29(28)33-24-16-25-34-30(32)22-23-31(2,3)26-27-17-11-10-12-18-27/h10-12,14-15,17-18,20-21H,4-9,13,16,19,22-26H2,1-3H3/q+1. The lowest BCUT2D eigenvalue weighted by Crippen LogP contribution is -2.40. The molecule has 0 aliphatic rings. The predicted octanol–water partition coefficient (Wildman–Crippen LogP) is 6.96. The Hall–Kier alpha value is -2.33. The van der Waals surface area contributed by atoms with Gasteiger partial charge in [-0.05, 0) is 24.5 Å². The van der Waals surface area contributed by atoms with Gasteiger partial charge in [0.05, 0.1) is 40.3 Å². The van der Waals surface area contributed by atoms with Crippen molar-refractivity contribution in [1.29, 1.82) is 0 Å². The minimum atomic E-state index is -0.126. The first-order chi connectivity index (χ1) is 16.5. The van der Waals surface area contributed by atoms with Gasteiger partial charge in [-0.2, -0.15) is 0 Å². The van der Waals surface area contributed by atoms with E-state index in [1.165, 1.54) is 56.1 Å². The van der Waals surface area contributed by atoms with E-state index in [2.05, 4.69) is 63.5 Å². The van der Waals surface area contributed by atoms with E-state index in [1.54, 1.807) is 0 Å². The molecule has 2 rings (SSSR count). The van der Waals surface area contributed by atoms with Gasteiger partial charge < -0.3 is 14.0 Å². The Morgan fingerprint density at radius 2 is 1.47 bits per heavy atom. The molecular weight excluding hydrogens is 422 g/mol. The fraction of sp³-hybridized carbons (Fsp3) is 0.567. The van der Waals surface area contributed by atoms with Crippen LogP contribution in [0.1, 0.15) is 75.8 Å². The highest BCUT2D eigenvalue weighted by Crippen LogP contribution is 2.21. The van der Waals surface area contributed by atoms with Gasteiger partial charge in [0.15, 0.2) is 0 Å². The van der Waals surface area contributed by atoms with E-state index in [0.29, 0.717) is 26.1 Å². The molecular formula is C30H46NO3+. The number of benzene rings is 2. The van der Waals surface area contributed by atoms with E-state index in [0.717, 1.165) is 29.7 Å². The highest BCUT2D eigenvalue weighted by Gasteiger charge is 2.18. The number of carbonyl (C=O) groups is 1. The molecule has 0 amide bonds. The van der Waals surface area contributed by atoms with Crippen molar-refractivity contribution in [3.8, 4) is 5.75 Å². The van der Waals surface area contributed by atoms with Gasteiger partial charge in [-0.3, -0.25) is 4.79 Å². The van der Waals surface area contributed by atoms with Crippen molar-refractivity contribution in [3.63, 3.8) is 0 Å². The van der Waals surface area contributed by atoms with Gasteiger partial charge in [0.25, 0.3) is 0 Å². The summed E-state index contributed by atoms with van der Waals surface area (Å²) < 4.78 is 12.2. The van der Waals surface area contributed by atoms with Crippen molar-refractivity contribution >= 4 is 5.97 Å². The Morgan fingerprint density at radius 3 is 2.24 bits per heavy atom. The number of rotatable bonds is 18. The number of esters is 1. The highest BCUT2D eigenvalue weighted by atomic mass is 16.5. The Balaban J connectivity index is 1.58. The first-order valence-corrected chi connectivity index (χ1v) is 13.2. The van der Waals surface area contributed by atoms with Crippen LogP contribution < -0.4 is 4.74 Å². The second-order valence-electron chi connectivity index (χ2n) is 9.95. The molecule has 34 heavy (non-hydrogen) atoms. The zero-order valence-electron chi connectivity index (χ0n) is 21.8. The maximum absolute atomic E-state index is 12.2. The number of aryl methyl sites for hydroxylation is 1. The monoisotopic (exact) mass is 468 g/mol. The van der Waals surface area contributed by atoms with Crippen LogP contribution in [0.2, 0.25) is 0 Å². The third-order valence-electron chi connectivity index (χ3n) is 6.21. The van der Waals surface area contributed by atoms with Crippen molar-refractivity contribution in [3.05, 3.63) is 65.7 Å². The van der Waals surface area contributed by atoms with E-state index in [1.807, 2.05) is 12.1 Å². The van der Waals surface area contributed by atoms with E-state index in [-0.39, 0.29) is 5.97 Å². The highest BCUT2D eigenvalue weighted by molar-refractivity contribution is 5.69. The van der Waals surface area contributed by atoms with Crippen LogP contribution >= 0.6 is 0 Å². The van der Waals surface area contributed by atoms with Crippen LogP contribution in [0.4, 0.5) is 0 Å². The lowest BCUT2D eigenvalue weighted by molar-refractivity contribution is -0.903. The Morgan fingerprint density at radius 1 is 0.794 bits per heavy atom. The maximum atomic E-state index is 12.2. The molecule has 0 bridgehead atoms.